The number of nitrogens with zero attached hydrogens (tertiary/aromatic N) is 4. The van der Waals surface area contributed by atoms with Gasteiger partial charge in [-0.05, 0) is 20.7 Å². The predicted molar refractivity (Wildman–Crippen MR) is 142 cm³/mol. The number of benzene rings is 1. The van der Waals surface area contributed by atoms with E-state index in [1.165, 1.54) is 17.8 Å². The van der Waals surface area contributed by atoms with Gasteiger partial charge in [0.25, 0.3) is 5.56 Å². The lowest BCUT2D eigenvalue weighted by atomic mass is 10.1. The molecule has 0 saturated carbocycles. The summed E-state index contributed by atoms with van der Waals surface area (Å²) in [6, 6.07) is 8.73. The zero-order valence-corrected chi connectivity index (χ0v) is 22.5. The molecule has 1 aromatic carbocycles. The quantitative estimate of drug-likeness (QED) is 0.147. The van der Waals surface area contributed by atoms with Crippen molar-refractivity contribution in [2.24, 2.45) is 10.9 Å². The molecule has 0 bridgehead atoms. The van der Waals surface area contributed by atoms with Crippen molar-refractivity contribution in [1.82, 2.24) is 19.5 Å². The molecule has 2 aromatic heterocycles. The van der Waals surface area contributed by atoms with E-state index in [0.29, 0.717) is 6.61 Å². The van der Waals surface area contributed by atoms with Gasteiger partial charge in [0.1, 0.15) is 32.7 Å². The van der Waals surface area contributed by atoms with Gasteiger partial charge in [0.05, 0.1) is 6.33 Å². The number of carbonyl (C=O) groups excluding carboxylic acids is 2. The zero-order valence-electron chi connectivity index (χ0n) is 21.3. The lowest BCUT2D eigenvalue weighted by molar-refractivity contribution is -0.157. The van der Waals surface area contributed by atoms with Gasteiger partial charge in [0.2, 0.25) is 11.6 Å². The van der Waals surface area contributed by atoms with E-state index < -0.39 is 29.6 Å². The van der Waals surface area contributed by atoms with E-state index in [9.17, 15) is 14.4 Å². The van der Waals surface area contributed by atoms with Crippen molar-refractivity contribution in [3.8, 4) is 0 Å². The molecule has 3 unspecified atom stereocenters. The van der Waals surface area contributed by atoms with E-state index in [1.54, 1.807) is 0 Å². The third kappa shape index (κ3) is 8.35. The molecule has 0 aliphatic carbocycles. The van der Waals surface area contributed by atoms with Gasteiger partial charge >= 0.3 is 11.9 Å². The number of ether oxygens (including phenoxy) is 4. The molecule has 14 heteroatoms. The van der Waals surface area contributed by atoms with Crippen LogP contribution in [0.2, 0.25) is 0 Å². The molecule has 0 saturated heterocycles. The highest BCUT2D eigenvalue weighted by Crippen LogP contribution is 2.14. The van der Waals surface area contributed by atoms with Gasteiger partial charge in [0, 0.05) is 6.92 Å². The second-order valence-electron chi connectivity index (χ2n) is 8.62. The van der Waals surface area contributed by atoms with E-state index >= 15 is 0 Å². The molecule has 0 aliphatic rings. The number of anilines is 1. The van der Waals surface area contributed by atoms with Gasteiger partial charge in [-0.15, -0.1) is 0 Å². The van der Waals surface area contributed by atoms with Crippen molar-refractivity contribution in [1.29, 1.82) is 0 Å². The summed E-state index contributed by atoms with van der Waals surface area (Å²) < 4.78 is 23.4. The maximum Gasteiger partial charge on any atom is 0.331 e. The minimum atomic E-state index is -0.829. The number of nitrogens with one attached hydrogen (secondary N) is 1. The molecule has 2 heterocycles. The SMILES string of the molecule is CC(=O)OCC(COC(=O)C(N=C(P)OCc1ccccc1)C(C)C)OCn1cnc2c(=O)[nH]c(N)nc21. The number of fused-ring (bicyclic) bond motifs is 1. The Morgan fingerprint density at radius 1 is 1.16 bits per heavy atom. The van der Waals surface area contributed by atoms with Crippen LogP contribution in [0.5, 0.6) is 0 Å². The number of nitrogen functional groups attached to an aromatic ring is 1. The van der Waals surface area contributed by atoms with E-state index in [1.807, 2.05) is 44.2 Å². The number of aliphatic imine (C=N–C) groups is 1. The van der Waals surface area contributed by atoms with Crippen molar-refractivity contribution in [3.05, 3.63) is 52.6 Å². The minimum Gasteiger partial charge on any atom is -0.473 e. The number of hydrogen-bond acceptors (Lipinski definition) is 11. The van der Waals surface area contributed by atoms with Gasteiger partial charge in [-0.3, -0.25) is 19.1 Å². The first-order chi connectivity index (χ1) is 18.1. The van der Waals surface area contributed by atoms with Crippen LogP contribution in [0.1, 0.15) is 26.3 Å². The van der Waals surface area contributed by atoms with Crippen LogP contribution in [-0.2, 0) is 41.9 Å². The van der Waals surface area contributed by atoms with Crippen molar-refractivity contribution < 1.29 is 28.5 Å². The van der Waals surface area contributed by atoms with Crippen LogP contribution in [0.4, 0.5) is 5.95 Å². The lowest BCUT2D eigenvalue weighted by Gasteiger charge is -2.21. The third-order valence-corrected chi connectivity index (χ3v) is 5.51. The van der Waals surface area contributed by atoms with Crippen molar-refractivity contribution in [2.45, 2.75) is 46.3 Å². The molecule has 204 valence electrons. The first kappa shape index (κ1) is 28.7. The van der Waals surface area contributed by atoms with E-state index in [4.69, 9.17) is 24.7 Å². The Labute approximate surface area is 220 Å². The van der Waals surface area contributed by atoms with Gasteiger partial charge in [-0.2, -0.15) is 4.98 Å². The number of hydrogen-bond donors (Lipinski definition) is 2. The Morgan fingerprint density at radius 2 is 1.87 bits per heavy atom. The summed E-state index contributed by atoms with van der Waals surface area (Å²) in [6.07, 6.45) is 0.543. The van der Waals surface area contributed by atoms with Crippen molar-refractivity contribution >= 4 is 43.9 Å². The summed E-state index contributed by atoms with van der Waals surface area (Å²) in [7, 11) is 2.38. The standard InChI is InChI=1S/C24H31N6O7P/c1-14(2)18(27-24(38)36-9-16-7-5-4-6-8-16)22(33)35-11-17(10-34-15(3)31)37-13-30-12-26-19-20(30)28-23(25)29-21(19)32/h4-8,12,14,17-18H,9-11,13,38H2,1-3H3,(H3,25,28,29,32). The average molecular weight is 547 g/mol. The van der Waals surface area contributed by atoms with E-state index in [-0.39, 0.29) is 48.6 Å². The van der Waals surface area contributed by atoms with Gasteiger partial charge in [-0.25, -0.2) is 14.8 Å². The lowest BCUT2D eigenvalue weighted by Crippen LogP contribution is -2.33. The number of carbonyl (C=O) groups is 2. The maximum absolute atomic E-state index is 12.9. The Hall–Kier alpha value is -3.83. The molecule has 3 rings (SSSR count). The second kappa shape index (κ2) is 13.6. The van der Waals surface area contributed by atoms with E-state index in [0.717, 1.165) is 5.56 Å². The van der Waals surface area contributed by atoms with Crippen molar-refractivity contribution in [2.75, 3.05) is 18.9 Å². The van der Waals surface area contributed by atoms with Crippen LogP contribution in [0.25, 0.3) is 11.2 Å². The normalized spacial score (nSPS) is 13.3. The summed E-state index contributed by atoms with van der Waals surface area (Å²) in [5, 5.41) is 0. The molecule has 3 N–H and O–H groups in total. The van der Waals surface area contributed by atoms with E-state index in [2.05, 4.69) is 29.2 Å². The van der Waals surface area contributed by atoms with Crippen LogP contribution in [-0.4, -0.2) is 62.5 Å². The van der Waals surface area contributed by atoms with Crippen molar-refractivity contribution in [3.63, 3.8) is 0 Å². The van der Waals surface area contributed by atoms with Gasteiger partial charge in [0.15, 0.2) is 17.2 Å². The molecular formula is C24H31N6O7P. The molecule has 13 nitrogen and oxygen atoms in total. The Kier molecular flexibility index (Phi) is 10.3. The molecule has 0 spiro atoms. The highest BCUT2D eigenvalue weighted by Gasteiger charge is 2.25. The topological polar surface area (TPSA) is 173 Å². The zero-order chi connectivity index (χ0) is 27.7. The van der Waals surface area contributed by atoms with Crippen LogP contribution in [0.15, 0.2) is 46.4 Å². The summed E-state index contributed by atoms with van der Waals surface area (Å²) >= 11 is 0. The summed E-state index contributed by atoms with van der Waals surface area (Å²) in [5.74, 6) is -1.37. The molecule has 0 radical (unpaired) electrons. The van der Waals surface area contributed by atoms with Crippen LogP contribution >= 0.6 is 9.24 Å². The third-order valence-electron chi connectivity index (χ3n) is 5.20. The molecule has 0 fully saturated rings. The summed E-state index contributed by atoms with van der Waals surface area (Å²) in [6.45, 7) is 4.72. The molecule has 3 aromatic rings. The van der Waals surface area contributed by atoms with Crippen LogP contribution in [0, 0.1) is 5.92 Å². The molecule has 0 amide bonds. The highest BCUT2D eigenvalue weighted by atomic mass is 31.0. The first-order valence-corrected chi connectivity index (χ1v) is 12.3. The fourth-order valence-corrected chi connectivity index (χ4v) is 3.49. The smallest absolute Gasteiger partial charge is 0.331 e. The average Bonchev–Trinajstić information content (AvgIpc) is 3.28. The number of rotatable bonds is 12. The van der Waals surface area contributed by atoms with Crippen LogP contribution in [0.3, 0.4) is 0 Å². The van der Waals surface area contributed by atoms with Gasteiger partial charge in [-0.1, -0.05) is 44.2 Å². The number of H-pyrrole nitrogens is 1. The van der Waals surface area contributed by atoms with Gasteiger partial charge < -0.3 is 24.7 Å². The molecule has 38 heavy (non-hydrogen) atoms. The maximum atomic E-state index is 12.9. The fraction of sp³-hybridized carbons (Fsp3) is 0.417. The van der Waals surface area contributed by atoms with Crippen LogP contribution < -0.4 is 11.3 Å². The number of esters is 2. The molecule has 3 atom stereocenters. The number of aromatic amines is 1. The second-order valence-corrected chi connectivity index (χ2v) is 9.11. The minimum absolute atomic E-state index is 0.0730. The molecule has 0 aliphatic heterocycles. The Balaban J connectivity index is 1.63. The Morgan fingerprint density at radius 3 is 2.55 bits per heavy atom. The summed E-state index contributed by atoms with van der Waals surface area (Å²) in [4.78, 5) is 51.0. The first-order valence-electron chi connectivity index (χ1n) is 11.8. The predicted octanol–water partition coefficient (Wildman–Crippen LogP) is 1.62. The fourth-order valence-electron chi connectivity index (χ4n) is 3.25. The monoisotopic (exact) mass is 546 g/mol. The summed E-state index contributed by atoms with van der Waals surface area (Å²) in [5.41, 5.74) is 6.67. The number of imidazole rings is 1. The Bertz CT molecular complexity index is 1320. The number of aromatic nitrogens is 4. The largest absolute Gasteiger partial charge is 0.473 e. The number of nitrogens with two attached hydrogens (primary N) is 1. The highest BCUT2D eigenvalue weighted by molar-refractivity contribution is 7.39. The molecular weight excluding hydrogens is 515 g/mol.